The second kappa shape index (κ2) is 5.07. The Morgan fingerprint density at radius 3 is 2.81 bits per heavy atom. The van der Waals surface area contributed by atoms with Crippen LogP contribution in [0.3, 0.4) is 0 Å². The predicted molar refractivity (Wildman–Crippen MR) is 82.1 cm³/mol. The van der Waals surface area contributed by atoms with Crippen molar-refractivity contribution < 1.29 is 0 Å². The van der Waals surface area contributed by atoms with Gasteiger partial charge in [-0.05, 0) is 18.9 Å². The van der Waals surface area contributed by atoms with E-state index in [0.29, 0.717) is 11.6 Å². The first-order valence-corrected chi connectivity index (χ1v) is 8.06. The quantitative estimate of drug-likeness (QED) is 0.787. The van der Waals surface area contributed by atoms with E-state index in [2.05, 4.69) is 20.3 Å². The fourth-order valence-corrected chi connectivity index (χ4v) is 3.77. The van der Waals surface area contributed by atoms with E-state index < -0.39 is 0 Å². The number of aromatic nitrogens is 5. The van der Waals surface area contributed by atoms with Gasteiger partial charge in [0, 0.05) is 23.9 Å². The summed E-state index contributed by atoms with van der Waals surface area (Å²) < 4.78 is 1.90. The SMILES string of the molecule is Nc1cncc(-c2nn3c(C4CCCCC4)nnc3s2)c1. The van der Waals surface area contributed by atoms with Crippen LogP contribution in [0.25, 0.3) is 15.5 Å². The summed E-state index contributed by atoms with van der Waals surface area (Å²) in [5.74, 6) is 1.49. The number of nitrogens with zero attached hydrogens (tertiary/aromatic N) is 5. The minimum atomic E-state index is 0.489. The van der Waals surface area contributed by atoms with E-state index in [0.717, 1.165) is 21.4 Å². The molecule has 0 saturated heterocycles. The third kappa shape index (κ3) is 2.27. The van der Waals surface area contributed by atoms with Gasteiger partial charge in [-0.1, -0.05) is 30.6 Å². The number of pyridine rings is 1. The summed E-state index contributed by atoms with van der Waals surface area (Å²) in [7, 11) is 0. The predicted octanol–water partition coefficient (Wildman–Crippen LogP) is 2.88. The standard InChI is InChI=1S/C14H16N6S/c15-11-6-10(7-16-8-11)13-19-20-12(17-18-14(20)21-13)9-4-2-1-3-5-9/h6-9H,1-5,15H2. The number of hydrogen-bond acceptors (Lipinski definition) is 6. The lowest BCUT2D eigenvalue weighted by molar-refractivity contribution is 0.423. The van der Waals surface area contributed by atoms with Gasteiger partial charge in [0.15, 0.2) is 5.82 Å². The van der Waals surface area contributed by atoms with Gasteiger partial charge in [0.1, 0.15) is 5.01 Å². The normalized spacial score (nSPS) is 16.6. The highest BCUT2D eigenvalue weighted by Crippen LogP contribution is 2.33. The van der Waals surface area contributed by atoms with Gasteiger partial charge in [-0.2, -0.15) is 9.61 Å². The van der Waals surface area contributed by atoms with Crippen LogP contribution < -0.4 is 5.73 Å². The summed E-state index contributed by atoms with van der Waals surface area (Å²) in [4.78, 5) is 4.96. The summed E-state index contributed by atoms with van der Waals surface area (Å²) in [5.41, 5.74) is 7.37. The monoisotopic (exact) mass is 300 g/mol. The Kier molecular flexibility index (Phi) is 3.07. The van der Waals surface area contributed by atoms with Gasteiger partial charge in [0.2, 0.25) is 4.96 Å². The van der Waals surface area contributed by atoms with Crippen LogP contribution >= 0.6 is 11.3 Å². The zero-order chi connectivity index (χ0) is 14.2. The molecule has 1 aliphatic rings. The number of nitrogens with two attached hydrogens (primary N) is 1. The van der Waals surface area contributed by atoms with Gasteiger partial charge in [-0.15, -0.1) is 10.2 Å². The highest BCUT2D eigenvalue weighted by molar-refractivity contribution is 7.19. The topological polar surface area (TPSA) is 82.0 Å². The van der Waals surface area contributed by atoms with E-state index in [1.54, 1.807) is 12.4 Å². The van der Waals surface area contributed by atoms with Crippen molar-refractivity contribution in [1.82, 2.24) is 24.8 Å². The summed E-state index contributed by atoms with van der Waals surface area (Å²) in [5, 5.41) is 14.2. The van der Waals surface area contributed by atoms with Crippen molar-refractivity contribution >= 4 is 22.0 Å². The van der Waals surface area contributed by atoms with E-state index in [1.807, 2.05) is 10.6 Å². The molecule has 21 heavy (non-hydrogen) atoms. The Hall–Kier alpha value is -2.02. The van der Waals surface area contributed by atoms with Crippen LogP contribution in [0.2, 0.25) is 0 Å². The minimum absolute atomic E-state index is 0.489. The third-order valence-corrected chi connectivity index (χ3v) is 4.94. The molecule has 4 rings (SSSR count). The van der Waals surface area contributed by atoms with Crippen LogP contribution in [-0.2, 0) is 0 Å². The minimum Gasteiger partial charge on any atom is -0.397 e. The molecule has 0 atom stereocenters. The molecule has 3 aromatic heterocycles. The maximum atomic E-state index is 5.79. The van der Waals surface area contributed by atoms with Crippen molar-refractivity contribution in [2.75, 3.05) is 5.73 Å². The average Bonchev–Trinajstić information content (AvgIpc) is 3.08. The molecule has 7 heteroatoms. The summed E-state index contributed by atoms with van der Waals surface area (Å²) in [6.07, 6.45) is 9.67. The molecule has 108 valence electrons. The molecule has 1 aliphatic carbocycles. The van der Waals surface area contributed by atoms with Crippen molar-refractivity contribution in [1.29, 1.82) is 0 Å². The molecule has 0 amide bonds. The summed E-state index contributed by atoms with van der Waals surface area (Å²) in [6, 6.07) is 1.89. The van der Waals surface area contributed by atoms with Crippen LogP contribution in [0.4, 0.5) is 5.69 Å². The molecule has 6 nitrogen and oxygen atoms in total. The lowest BCUT2D eigenvalue weighted by Gasteiger charge is -2.18. The van der Waals surface area contributed by atoms with Crippen molar-refractivity contribution in [3.8, 4) is 10.6 Å². The summed E-state index contributed by atoms with van der Waals surface area (Å²) >= 11 is 1.53. The Morgan fingerprint density at radius 2 is 2.00 bits per heavy atom. The average molecular weight is 300 g/mol. The first-order chi connectivity index (χ1) is 10.3. The van der Waals surface area contributed by atoms with Gasteiger partial charge in [0.25, 0.3) is 0 Å². The number of fused-ring (bicyclic) bond motifs is 1. The smallest absolute Gasteiger partial charge is 0.234 e. The van der Waals surface area contributed by atoms with E-state index >= 15 is 0 Å². The lowest BCUT2D eigenvalue weighted by atomic mass is 9.89. The Balaban J connectivity index is 1.75. The first-order valence-electron chi connectivity index (χ1n) is 7.24. The highest BCUT2D eigenvalue weighted by atomic mass is 32.1. The fraction of sp³-hybridized carbons (Fsp3) is 0.429. The number of rotatable bonds is 2. The zero-order valence-corrected chi connectivity index (χ0v) is 12.4. The molecule has 2 N–H and O–H groups in total. The Bertz CT molecular complexity index is 771. The Morgan fingerprint density at radius 1 is 1.14 bits per heavy atom. The molecule has 0 spiro atoms. The molecule has 0 unspecified atom stereocenters. The van der Waals surface area contributed by atoms with Crippen molar-refractivity contribution in [2.45, 2.75) is 38.0 Å². The molecule has 0 aromatic carbocycles. The highest BCUT2D eigenvalue weighted by Gasteiger charge is 2.23. The van der Waals surface area contributed by atoms with Crippen LogP contribution in [0.1, 0.15) is 43.8 Å². The van der Waals surface area contributed by atoms with Gasteiger partial charge in [-0.3, -0.25) is 4.98 Å². The van der Waals surface area contributed by atoms with Gasteiger partial charge < -0.3 is 5.73 Å². The van der Waals surface area contributed by atoms with Crippen LogP contribution in [0, 0.1) is 0 Å². The maximum Gasteiger partial charge on any atom is 0.234 e. The van der Waals surface area contributed by atoms with Crippen molar-refractivity contribution in [3.63, 3.8) is 0 Å². The second-order valence-corrected chi connectivity index (χ2v) is 6.46. The van der Waals surface area contributed by atoms with E-state index in [4.69, 9.17) is 5.73 Å². The molecule has 3 aromatic rings. The molecular weight excluding hydrogens is 284 g/mol. The van der Waals surface area contributed by atoms with Gasteiger partial charge in [-0.25, -0.2) is 0 Å². The van der Waals surface area contributed by atoms with E-state index in [1.165, 1.54) is 43.4 Å². The third-order valence-electron chi connectivity index (χ3n) is 3.99. The zero-order valence-electron chi connectivity index (χ0n) is 11.6. The number of anilines is 1. The van der Waals surface area contributed by atoms with Crippen LogP contribution in [-0.4, -0.2) is 24.8 Å². The largest absolute Gasteiger partial charge is 0.397 e. The van der Waals surface area contributed by atoms with Crippen molar-refractivity contribution in [2.24, 2.45) is 0 Å². The van der Waals surface area contributed by atoms with Gasteiger partial charge in [0.05, 0.1) is 5.69 Å². The lowest BCUT2D eigenvalue weighted by Crippen LogP contribution is -2.09. The molecular formula is C14H16N6S. The maximum absolute atomic E-state index is 5.79. The summed E-state index contributed by atoms with van der Waals surface area (Å²) in [6.45, 7) is 0. The molecule has 3 heterocycles. The Labute approximate surface area is 126 Å². The van der Waals surface area contributed by atoms with Gasteiger partial charge >= 0.3 is 0 Å². The molecule has 0 radical (unpaired) electrons. The van der Waals surface area contributed by atoms with Crippen LogP contribution in [0.5, 0.6) is 0 Å². The molecule has 0 bridgehead atoms. The fourth-order valence-electron chi connectivity index (χ4n) is 2.94. The second-order valence-electron chi connectivity index (χ2n) is 5.50. The van der Waals surface area contributed by atoms with Crippen molar-refractivity contribution in [3.05, 3.63) is 24.3 Å². The molecule has 1 saturated carbocycles. The first kappa shape index (κ1) is 12.7. The number of hydrogen-bond donors (Lipinski definition) is 1. The molecule has 0 aliphatic heterocycles. The van der Waals surface area contributed by atoms with E-state index in [-0.39, 0.29) is 0 Å². The van der Waals surface area contributed by atoms with E-state index in [9.17, 15) is 0 Å². The molecule has 1 fully saturated rings. The number of nitrogen functional groups attached to an aromatic ring is 1. The van der Waals surface area contributed by atoms with Crippen LogP contribution in [0.15, 0.2) is 18.5 Å².